The number of carbonyl (C=O) groups excluding carboxylic acids is 1. The Kier molecular flexibility index (Phi) is 5.91. The molecule has 2 aromatic carbocycles. The van der Waals surface area contributed by atoms with Crippen molar-refractivity contribution in [2.24, 2.45) is 0 Å². The topological polar surface area (TPSA) is 23.6 Å². The molecule has 0 bridgehead atoms. The first-order chi connectivity index (χ1) is 12.5. The molecule has 3 nitrogen and oxygen atoms in total. The molecule has 0 atom stereocenters. The summed E-state index contributed by atoms with van der Waals surface area (Å²) in [6.07, 6.45) is 5.73. The molecule has 2 aromatic rings. The van der Waals surface area contributed by atoms with Gasteiger partial charge in [0.05, 0.1) is 11.4 Å². The van der Waals surface area contributed by atoms with Crippen LogP contribution in [0.4, 0.5) is 5.69 Å². The van der Waals surface area contributed by atoms with Gasteiger partial charge in [-0.1, -0.05) is 78.6 Å². The summed E-state index contributed by atoms with van der Waals surface area (Å²) in [5.41, 5.74) is 3.32. The molecule has 0 unspecified atom stereocenters. The first-order valence-electron chi connectivity index (χ1n) is 8.28. The van der Waals surface area contributed by atoms with Gasteiger partial charge in [-0.05, 0) is 29.3 Å². The Morgan fingerprint density at radius 2 is 1.77 bits per heavy atom. The zero-order valence-electron chi connectivity index (χ0n) is 14.8. The van der Waals surface area contributed by atoms with E-state index in [0.29, 0.717) is 15.8 Å². The molecule has 1 heterocycles. The molecule has 0 spiro atoms. The molecule has 1 saturated heterocycles. The van der Waals surface area contributed by atoms with E-state index in [0.717, 1.165) is 16.8 Å². The second-order valence-corrected chi connectivity index (χ2v) is 7.80. The highest BCUT2D eigenvalue weighted by Crippen LogP contribution is 2.32. The van der Waals surface area contributed by atoms with Gasteiger partial charge in [-0.25, -0.2) is 0 Å². The number of hydrogen-bond donors (Lipinski definition) is 0. The second-order valence-electron chi connectivity index (χ2n) is 6.12. The maximum absolute atomic E-state index is 12.6. The van der Waals surface area contributed by atoms with Crippen molar-refractivity contribution in [2.45, 2.75) is 6.54 Å². The highest BCUT2D eigenvalue weighted by molar-refractivity contribution is 8.26. The molecule has 1 fully saturated rings. The number of carbonyl (C=O) groups is 1. The molecule has 0 aliphatic carbocycles. The van der Waals surface area contributed by atoms with E-state index in [1.165, 1.54) is 11.8 Å². The average Bonchev–Trinajstić information content (AvgIpc) is 2.91. The van der Waals surface area contributed by atoms with Crippen LogP contribution >= 0.6 is 24.0 Å². The molecule has 1 amide bonds. The SMILES string of the molecule is CN(C)c1ccc(/C=C/C=C2\SC(=S)N(Cc3ccccc3)C2=O)cc1. The summed E-state index contributed by atoms with van der Waals surface area (Å²) in [4.78, 5) is 17.0. The lowest BCUT2D eigenvalue weighted by Crippen LogP contribution is -2.27. The first-order valence-corrected chi connectivity index (χ1v) is 9.50. The van der Waals surface area contributed by atoms with Gasteiger partial charge >= 0.3 is 0 Å². The van der Waals surface area contributed by atoms with Crippen molar-refractivity contribution >= 4 is 46.0 Å². The van der Waals surface area contributed by atoms with Gasteiger partial charge in [0, 0.05) is 19.8 Å². The first kappa shape index (κ1) is 18.4. The van der Waals surface area contributed by atoms with Crippen LogP contribution in [0.15, 0.2) is 71.7 Å². The van der Waals surface area contributed by atoms with Crippen LogP contribution in [-0.4, -0.2) is 29.2 Å². The molecular formula is C21H20N2OS2. The fraction of sp³-hybridized carbons (Fsp3) is 0.143. The van der Waals surface area contributed by atoms with E-state index < -0.39 is 0 Å². The zero-order valence-corrected chi connectivity index (χ0v) is 16.4. The van der Waals surface area contributed by atoms with Gasteiger partial charge < -0.3 is 4.90 Å². The third-order valence-corrected chi connectivity index (χ3v) is 5.40. The van der Waals surface area contributed by atoms with Crippen molar-refractivity contribution in [2.75, 3.05) is 19.0 Å². The third kappa shape index (κ3) is 4.42. The van der Waals surface area contributed by atoms with E-state index in [-0.39, 0.29) is 5.91 Å². The molecule has 5 heteroatoms. The summed E-state index contributed by atoms with van der Waals surface area (Å²) in [5, 5.41) is 0. The molecule has 0 aromatic heterocycles. The minimum Gasteiger partial charge on any atom is -0.378 e. The number of allylic oxidation sites excluding steroid dienone is 2. The summed E-state index contributed by atoms with van der Waals surface area (Å²) >= 11 is 6.73. The summed E-state index contributed by atoms with van der Waals surface area (Å²) in [6.45, 7) is 0.512. The van der Waals surface area contributed by atoms with Gasteiger partial charge in [-0.15, -0.1) is 0 Å². The number of rotatable bonds is 5. The maximum Gasteiger partial charge on any atom is 0.266 e. The van der Waals surface area contributed by atoms with Crippen LogP contribution in [0.2, 0.25) is 0 Å². The normalized spacial score (nSPS) is 16.1. The van der Waals surface area contributed by atoms with E-state index in [9.17, 15) is 4.79 Å². The lowest BCUT2D eigenvalue weighted by molar-refractivity contribution is -0.122. The van der Waals surface area contributed by atoms with Crippen LogP contribution in [0.5, 0.6) is 0 Å². The molecule has 3 rings (SSSR count). The number of benzene rings is 2. The second kappa shape index (κ2) is 8.34. The highest BCUT2D eigenvalue weighted by atomic mass is 32.2. The van der Waals surface area contributed by atoms with Crippen molar-refractivity contribution in [3.63, 3.8) is 0 Å². The molecule has 132 valence electrons. The van der Waals surface area contributed by atoms with Crippen LogP contribution in [0, 0.1) is 0 Å². The fourth-order valence-corrected chi connectivity index (χ4v) is 3.75. The van der Waals surface area contributed by atoms with Crippen molar-refractivity contribution in [3.05, 3.63) is 82.8 Å². The minimum atomic E-state index is -0.0311. The van der Waals surface area contributed by atoms with Gasteiger partial charge in [0.1, 0.15) is 4.32 Å². The van der Waals surface area contributed by atoms with Gasteiger partial charge in [-0.3, -0.25) is 9.69 Å². The zero-order chi connectivity index (χ0) is 18.5. The van der Waals surface area contributed by atoms with E-state index in [1.54, 1.807) is 4.90 Å². The Morgan fingerprint density at radius 1 is 1.08 bits per heavy atom. The molecule has 1 aliphatic heterocycles. The van der Waals surface area contributed by atoms with Crippen LogP contribution in [0.1, 0.15) is 11.1 Å². The predicted octanol–water partition coefficient (Wildman–Crippen LogP) is 4.71. The standard InChI is InChI=1S/C21H20N2OS2/c1-22(2)18-13-11-16(12-14-18)9-6-10-19-20(24)23(21(25)26-19)15-17-7-4-3-5-8-17/h3-14H,15H2,1-2H3/b9-6+,19-10-. The largest absolute Gasteiger partial charge is 0.378 e. The Hall–Kier alpha value is -2.37. The van der Waals surface area contributed by atoms with E-state index in [2.05, 4.69) is 29.2 Å². The molecular weight excluding hydrogens is 360 g/mol. The Bertz CT molecular complexity index is 855. The summed E-state index contributed by atoms with van der Waals surface area (Å²) < 4.78 is 0.605. The number of thiocarbonyl (C=S) groups is 1. The van der Waals surface area contributed by atoms with E-state index >= 15 is 0 Å². The van der Waals surface area contributed by atoms with Crippen LogP contribution in [0.3, 0.4) is 0 Å². The molecule has 1 aliphatic rings. The maximum atomic E-state index is 12.6. The van der Waals surface area contributed by atoms with Crippen LogP contribution in [0.25, 0.3) is 6.08 Å². The smallest absolute Gasteiger partial charge is 0.266 e. The van der Waals surface area contributed by atoms with Crippen molar-refractivity contribution in [3.8, 4) is 0 Å². The number of amides is 1. The van der Waals surface area contributed by atoms with E-state index in [1.807, 2.05) is 62.7 Å². The lowest BCUT2D eigenvalue weighted by atomic mass is 10.2. The third-order valence-electron chi connectivity index (χ3n) is 4.00. The summed E-state index contributed by atoms with van der Waals surface area (Å²) in [5.74, 6) is -0.0311. The van der Waals surface area contributed by atoms with Crippen LogP contribution < -0.4 is 4.90 Å². The number of nitrogens with zero attached hydrogens (tertiary/aromatic N) is 2. The minimum absolute atomic E-state index is 0.0311. The molecule has 26 heavy (non-hydrogen) atoms. The molecule has 0 radical (unpaired) electrons. The summed E-state index contributed by atoms with van der Waals surface area (Å²) in [7, 11) is 4.03. The van der Waals surface area contributed by atoms with E-state index in [4.69, 9.17) is 12.2 Å². The predicted molar refractivity (Wildman–Crippen MR) is 115 cm³/mol. The Balaban J connectivity index is 1.67. The molecule has 0 saturated carbocycles. The number of hydrogen-bond acceptors (Lipinski definition) is 4. The Labute approximate surface area is 164 Å². The monoisotopic (exact) mass is 380 g/mol. The number of anilines is 1. The number of thioether (sulfide) groups is 1. The lowest BCUT2D eigenvalue weighted by Gasteiger charge is -2.14. The summed E-state index contributed by atoms with van der Waals surface area (Å²) in [6, 6.07) is 18.1. The highest BCUT2D eigenvalue weighted by Gasteiger charge is 2.31. The molecule has 0 N–H and O–H groups in total. The van der Waals surface area contributed by atoms with Crippen molar-refractivity contribution in [1.82, 2.24) is 4.90 Å². The van der Waals surface area contributed by atoms with Gasteiger partial charge in [0.2, 0.25) is 0 Å². The average molecular weight is 381 g/mol. The quantitative estimate of drug-likeness (QED) is 0.554. The van der Waals surface area contributed by atoms with Crippen molar-refractivity contribution < 1.29 is 4.79 Å². The van der Waals surface area contributed by atoms with Crippen molar-refractivity contribution in [1.29, 1.82) is 0 Å². The Morgan fingerprint density at radius 3 is 2.42 bits per heavy atom. The van der Waals surface area contributed by atoms with Crippen LogP contribution in [-0.2, 0) is 11.3 Å². The van der Waals surface area contributed by atoms with Gasteiger partial charge in [0.15, 0.2) is 0 Å². The van der Waals surface area contributed by atoms with Gasteiger partial charge in [-0.2, -0.15) is 0 Å². The fourth-order valence-electron chi connectivity index (χ4n) is 2.55. The van der Waals surface area contributed by atoms with Gasteiger partial charge in [0.25, 0.3) is 5.91 Å².